The maximum absolute atomic E-state index is 13.5. The van der Waals surface area contributed by atoms with Crippen molar-refractivity contribution in [3.63, 3.8) is 0 Å². The molecule has 1 atom stereocenters. The van der Waals surface area contributed by atoms with Gasteiger partial charge in [-0.3, -0.25) is 14.5 Å². The molecule has 1 aliphatic heterocycles. The number of para-hydroxylation sites is 1. The second-order valence-corrected chi connectivity index (χ2v) is 7.81. The summed E-state index contributed by atoms with van der Waals surface area (Å²) in [7, 11) is 0. The SMILES string of the molecule is Cc1cccc(C2/C(=C(/O)c3c[nH]c4ccccc34)C(=O)C(=O)N2c2ccc(F)cc2)c1. The van der Waals surface area contributed by atoms with E-state index in [0.717, 1.165) is 16.5 Å². The van der Waals surface area contributed by atoms with E-state index in [-0.39, 0.29) is 11.3 Å². The number of nitrogens with one attached hydrogen (secondary N) is 1. The van der Waals surface area contributed by atoms with Crippen LogP contribution in [0.5, 0.6) is 0 Å². The summed E-state index contributed by atoms with van der Waals surface area (Å²) in [5, 5.41) is 12.0. The first-order valence-corrected chi connectivity index (χ1v) is 10.2. The molecule has 0 radical (unpaired) electrons. The van der Waals surface area contributed by atoms with Gasteiger partial charge in [-0.2, -0.15) is 0 Å². The number of aromatic nitrogens is 1. The van der Waals surface area contributed by atoms with Gasteiger partial charge in [0.1, 0.15) is 11.6 Å². The van der Waals surface area contributed by atoms with Crippen molar-refractivity contribution in [1.82, 2.24) is 4.98 Å². The molecule has 1 saturated heterocycles. The topological polar surface area (TPSA) is 73.4 Å². The van der Waals surface area contributed by atoms with Crippen molar-refractivity contribution < 1.29 is 19.1 Å². The number of ketones is 1. The zero-order valence-corrected chi connectivity index (χ0v) is 17.2. The highest BCUT2D eigenvalue weighted by atomic mass is 19.1. The lowest BCUT2D eigenvalue weighted by Crippen LogP contribution is -2.29. The maximum Gasteiger partial charge on any atom is 0.300 e. The molecular formula is C26H19FN2O3. The van der Waals surface area contributed by atoms with Crippen molar-refractivity contribution in [3.05, 3.63) is 107 Å². The van der Waals surface area contributed by atoms with E-state index in [2.05, 4.69) is 4.98 Å². The predicted octanol–water partition coefficient (Wildman–Crippen LogP) is 5.24. The number of carbonyl (C=O) groups is 2. The molecule has 1 amide bonds. The van der Waals surface area contributed by atoms with Crippen LogP contribution in [-0.4, -0.2) is 21.8 Å². The van der Waals surface area contributed by atoms with Crippen LogP contribution in [0.4, 0.5) is 10.1 Å². The number of anilines is 1. The maximum atomic E-state index is 13.5. The van der Waals surface area contributed by atoms with Crippen molar-refractivity contribution in [2.24, 2.45) is 0 Å². The Kier molecular flexibility index (Phi) is 4.63. The number of H-pyrrole nitrogens is 1. The van der Waals surface area contributed by atoms with Crippen LogP contribution in [0.2, 0.25) is 0 Å². The fourth-order valence-corrected chi connectivity index (χ4v) is 4.27. The smallest absolute Gasteiger partial charge is 0.300 e. The van der Waals surface area contributed by atoms with Gasteiger partial charge in [-0.1, -0.05) is 48.0 Å². The lowest BCUT2D eigenvalue weighted by Gasteiger charge is -2.25. The zero-order valence-electron chi connectivity index (χ0n) is 17.2. The summed E-state index contributed by atoms with van der Waals surface area (Å²) in [5.41, 5.74) is 3.23. The lowest BCUT2D eigenvalue weighted by atomic mass is 9.94. The molecule has 0 bridgehead atoms. The van der Waals surface area contributed by atoms with Crippen LogP contribution in [0.3, 0.4) is 0 Å². The summed E-state index contributed by atoms with van der Waals surface area (Å²) in [4.78, 5) is 30.7. The Morgan fingerprint density at radius 2 is 1.75 bits per heavy atom. The highest BCUT2D eigenvalue weighted by Gasteiger charge is 2.47. The molecule has 1 unspecified atom stereocenters. The van der Waals surface area contributed by atoms with Crippen molar-refractivity contribution in [1.29, 1.82) is 0 Å². The number of halogens is 1. The molecule has 2 heterocycles. The Labute approximate surface area is 183 Å². The standard InChI is InChI=1S/C26H19FN2O3/c1-15-5-4-6-16(13-15)23-22(24(30)20-14-28-21-8-3-2-7-19(20)21)25(31)26(32)29(23)18-11-9-17(27)10-12-18/h2-14,23,28,30H,1H3/b24-22-. The number of hydrogen-bond donors (Lipinski definition) is 2. The molecule has 5 rings (SSSR count). The van der Waals surface area contributed by atoms with Crippen molar-refractivity contribution in [3.8, 4) is 0 Å². The number of benzene rings is 3. The van der Waals surface area contributed by atoms with Crippen molar-refractivity contribution >= 4 is 34.0 Å². The second-order valence-electron chi connectivity index (χ2n) is 7.81. The van der Waals surface area contributed by atoms with Crippen LogP contribution in [0.25, 0.3) is 16.7 Å². The molecule has 4 aromatic rings. The van der Waals surface area contributed by atoms with Crippen molar-refractivity contribution in [2.45, 2.75) is 13.0 Å². The van der Waals surface area contributed by atoms with E-state index in [9.17, 15) is 19.1 Å². The molecule has 1 aromatic heterocycles. The second kappa shape index (κ2) is 7.50. The van der Waals surface area contributed by atoms with E-state index < -0.39 is 23.5 Å². The molecule has 158 valence electrons. The minimum atomic E-state index is -0.853. The Morgan fingerprint density at radius 3 is 2.50 bits per heavy atom. The number of nitrogens with zero attached hydrogens (tertiary/aromatic N) is 1. The molecule has 0 saturated carbocycles. The number of aliphatic hydroxyl groups is 1. The van der Waals surface area contributed by atoms with E-state index in [0.29, 0.717) is 16.8 Å². The molecule has 6 heteroatoms. The fraction of sp³-hybridized carbons (Fsp3) is 0.0769. The molecule has 2 N–H and O–H groups in total. The highest BCUT2D eigenvalue weighted by Crippen LogP contribution is 2.43. The highest BCUT2D eigenvalue weighted by molar-refractivity contribution is 6.51. The molecule has 0 spiro atoms. The molecule has 5 nitrogen and oxygen atoms in total. The number of carbonyl (C=O) groups excluding carboxylic acids is 2. The Hall–Kier alpha value is -4.19. The number of aromatic amines is 1. The molecule has 0 aliphatic carbocycles. The van der Waals surface area contributed by atoms with Crippen LogP contribution in [0, 0.1) is 12.7 Å². The van der Waals surface area contributed by atoms with Gasteiger partial charge >= 0.3 is 0 Å². The molecular weight excluding hydrogens is 407 g/mol. The molecule has 32 heavy (non-hydrogen) atoms. The van der Waals surface area contributed by atoms with Gasteiger partial charge in [-0.15, -0.1) is 0 Å². The van der Waals surface area contributed by atoms with Gasteiger partial charge in [0, 0.05) is 28.4 Å². The van der Waals surface area contributed by atoms with Gasteiger partial charge in [0.2, 0.25) is 0 Å². The van der Waals surface area contributed by atoms with Gasteiger partial charge in [-0.05, 0) is 42.8 Å². The summed E-state index contributed by atoms with van der Waals surface area (Å²) in [6.45, 7) is 1.91. The lowest BCUT2D eigenvalue weighted by molar-refractivity contribution is -0.132. The Balaban J connectivity index is 1.76. The Bertz CT molecular complexity index is 1400. The van der Waals surface area contributed by atoms with Crippen LogP contribution in [-0.2, 0) is 9.59 Å². The number of Topliss-reactive ketones (excluding diaryl/α,β-unsaturated/α-hetero) is 1. The normalized spacial score (nSPS) is 17.9. The number of amides is 1. The van der Waals surface area contributed by atoms with E-state index in [1.165, 1.54) is 29.2 Å². The van der Waals surface area contributed by atoms with E-state index >= 15 is 0 Å². The van der Waals surface area contributed by atoms with Gasteiger partial charge in [-0.25, -0.2) is 4.39 Å². The summed E-state index contributed by atoms with van der Waals surface area (Å²) >= 11 is 0. The third kappa shape index (κ3) is 3.08. The summed E-state index contributed by atoms with van der Waals surface area (Å²) in [6, 6.07) is 19.3. The quantitative estimate of drug-likeness (QED) is 0.267. The third-order valence-electron chi connectivity index (χ3n) is 5.75. The Morgan fingerprint density at radius 1 is 1.00 bits per heavy atom. The van der Waals surface area contributed by atoms with Crippen molar-refractivity contribution in [2.75, 3.05) is 4.90 Å². The van der Waals surface area contributed by atoms with Gasteiger partial charge in [0.05, 0.1) is 11.6 Å². The zero-order chi connectivity index (χ0) is 22.4. The monoisotopic (exact) mass is 426 g/mol. The first kappa shape index (κ1) is 19.8. The largest absolute Gasteiger partial charge is 0.507 e. The minimum absolute atomic E-state index is 0.00493. The number of aliphatic hydroxyl groups excluding tert-OH is 1. The van der Waals surface area contributed by atoms with Crippen LogP contribution >= 0.6 is 0 Å². The number of hydrogen-bond acceptors (Lipinski definition) is 3. The van der Waals surface area contributed by atoms with Crippen LogP contribution < -0.4 is 4.90 Å². The van der Waals surface area contributed by atoms with Crippen LogP contribution in [0.1, 0.15) is 22.7 Å². The summed E-state index contributed by atoms with van der Waals surface area (Å²) in [5.74, 6) is -2.26. The number of aryl methyl sites for hydroxylation is 1. The molecule has 1 fully saturated rings. The molecule has 1 aliphatic rings. The van der Waals surface area contributed by atoms with Gasteiger partial charge in [0.15, 0.2) is 0 Å². The average Bonchev–Trinajstić information content (AvgIpc) is 3.33. The van der Waals surface area contributed by atoms with Gasteiger partial charge < -0.3 is 10.1 Å². The fourth-order valence-electron chi connectivity index (χ4n) is 4.27. The summed E-state index contributed by atoms with van der Waals surface area (Å²) < 4.78 is 13.5. The third-order valence-corrected chi connectivity index (χ3v) is 5.75. The van der Waals surface area contributed by atoms with Crippen LogP contribution in [0.15, 0.2) is 84.6 Å². The number of rotatable bonds is 3. The molecule has 3 aromatic carbocycles. The minimum Gasteiger partial charge on any atom is -0.507 e. The summed E-state index contributed by atoms with van der Waals surface area (Å²) in [6.07, 6.45) is 1.62. The van der Waals surface area contributed by atoms with E-state index in [4.69, 9.17) is 0 Å². The first-order valence-electron chi connectivity index (χ1n) is 10.2. The number of fused-ring (bicyclic) bond motifs is 1. The van der Waals surface area contributed by atoms with E-state index in [1.54, 1.807) is 6.20 Å². The first-order chi connectivity index (χ1) is 15.5. The predicted molar refractivity (Wildman–Crippen MR) is 121 cm³/mol. The average molecular weight is 426 g/mol. The van der Waals surface area contributed by atoms with E-state index in [1.807, 2.05) is 55.5 Å². The van der Waals surface area contributed by atoms with Gasteiger partial charge in [0.25, 0.3) is 11.7 Å².